The van der Waals surface area contributed by atoms with Crippen molar-refractivity contribution in [3.8, 4) is 0 Å². The highest BCUT2D eigenvalue weighted by atomic mass is 35.5. The van der Waals surface area contributed by atoms with Gasteiger partial charge in [0.1, 0.15) is 5.82 Å². The van der Waals surface area contributed by atoms with Crippen molar-refractivity contribution in [3.05, 3.63) is 40.8 Å². The third-order valence-electron chi connectivity index (χ3n) is 6.02. The molecule has 2 aromatic rings. The van der Waals surface area contributed by atoms with Gasteiger partial charge in [0.15, 0.2) is 0 Å². The van der Waals surface area contributed by atoms with Crippen molar-refractivity contribution in [2.75, 3.05) is 24.5 Å². The number of nitrogens with two attached hydrogens (primary N) is 1. The van der Waals surface area contributed by atoms with Crippen LogP contribution in [0.4, 0.5) is 10.1 Å². The van der Waals surface area contributed by atoms with E-state index in [4.69, 9.17) is 17.3 Å². The summed E-state index contributed by atoms with van der Waals surface area (Å²) in [7, 11) is 0. The fraction of sp³-hybridized carbons (Fsp3) is 0.400. The van der Waals surface area contributed by atoms with Gasteiger partial charge in [-0.05, 0) is 37.8 Å². The third-order valence-corrected chi connectivity index (χ3v) is 6.49. The van der Waals surface area contributed by atoms with Crippen LogP contribution < -0.4 is 10.6 Å². The molecule has 0 aliphatic carbocycles. The van der Waals surface area contributed by atoms with Gasteiger partial charge in [-0.3, -0.25) is 9.59 Å². The molecule has 0 saturated carbocycles. The summed E-state index contributed by atoms with van der Waals surface area (Å²) in [6.07, 6.45) is 3.09. The molecule has 0 spiro atoms. The number of hydrogen-bond acceptors (Lipinski definition) is 3. The standard InChI is InChI=1S/C20H22ClFN4O2/c1-3-15(27)25-6-4-11-5-7-26(14(11)9-25)19-13(22)8-12(20(23)28)18-16(19)17(21)10(2)24-18/h3,8,11,14,24H,1,4-7,9H2,2H3,(H2,23,28)/t11-,14+/m1/s1. The van der Waals surface area contributed by atoms with E-state index in [-0.39, 0.29) is 17.5 Å². The summed E-state index contributed by atoms with van der Waals surface area (Å²) in [6, 6.07) is 1.16. The van der Waals surface area contributed by atoms with Crippen LogP contribution in [-0.4, -0.2) is 47.4 Å². The number of piperidine rings is 1. The molecule has 0 bridgehead atoms. The average Bonchev–Trinajstić information content (AvgIpc) is 3.22. The Morgan fingerprint density at radius 2 is 2.11 bits per heavy atom. The first-order valence-electron chi connectivity index (χ1n) is 9.31. The summed E-state index contributed by atoms with van der Waals surface area (Å²) >= 11 is 6.50. The van der Waals surface area contributed by atoms with Crippen molar-refractivity contribution in [1.82, 2.24) is 9.88 Å². The number of carbonyl (C=O) groups is 2. The van der Waals surface area contributed by atoms with Gasteiger partial charge in [0.2, 0.25) is 5.91 Å². The molecule has 2 aliphatic heterocycles. The van der Waals surface area contributed by atoms with Gasteiger partial charge in [-0.25, -0.2) is 4.39 Å². The largest absolute Gasteiger partial charge is 0.366 e. The van der Waals surface area contributed by atoms with Gasteiger partial charge in [0.25, 0.3) is 5.91 Å². The first-order valence-corrected chi connectivity index (χ1v) is 9.69. The van der Waals surface area contributed by atoms with Crippen molar-refractivity contribution in [2.45, 2.75) is 25.8 Å². The molecule has 1 aromatic heterocycles. The molecule has 4 rings (SSSR count). The molecular weight excluding hydrogens is 383 g/mol. The maximum absolute atomic E-state index is 15.2. The third kappa shape index (κ3) is 2.76. The summed E-state index contributed by atoms with van der Waals surface area (Å²) in [4.78, 5) is 30.7. The zero-order valence-electron chi connectivity index (χ0n) is 15.6. The van der Waals surface area contributed by atoms with Crippen LogP contribution in [0, 0.1) is 18.7 Å². The number of nitrogens with zero attached hydrogens (tertiary/aromatic N) is 2. The van der Waals surface area contributed by atoms with Gasteiger partial charge in [0, 0.05) is 36.8 Å². The molecule has 1 aromatic carbocycles. The number of aromatic nitrogens is 1. The number of rotatable bonds is 3. The number of H-pyrrole nitrogens is 1. The van der Waals surface area contributed by atoms with Crippen LogP contribution in [0.3, 0.4) is 0 Å². The van der Waals surface area contributed by atoms with Crippen LogP contribution in [0.5, 0.6) is 0 Å². The van der Waals surface area contributed by atoms with E-state index in [0.717, 1.165) is 12.8 Å². The van der Waals surface area contributed by atoms with Gasteiger partial charge in [-0.2, -0.15) is 0 Å². The maximum atomic E-state index is 15.2. The Morgan fingerprint density at radius 3 is 2.79 bits per heavy atom. The number of hydrogen-bond donors (Lipinski definition) is 2. The van der Waals surface area contributed by atoms with Crippen molar-refractivity contribution < 1.29 is 14.0 Å². The molecule has 28 heavy (non-hydrogen) atoms. The highest BCUT2D eigenvalue weighted by Crippen LogP contribution is 2.43. The smallest absolute Gasteiger partial charge is 0.250 e. The van der Waals surface area contributed by atoms with Crippen molar-refractivity contribution in [1.29, 1.82) is 0 Å². The second kappa shape index (κ2) is 6.81. The molecule has 3 N–H and O–H groups in total. The van der Waals surface area contributed by atoms with E-state index in [9.17, 15) is 9.59 Å². The molecule has 0 unspecified atom stereocenters. The summed E-state index contributed by atoms with van der Waals surface area (Å²) < 4.78 is 15.2. The number of likely N-dealkylation sites (tertiary alicyclic amines) is 1. The number of nitrogens with one attached hydrogen (secondary N) is 1. The van der Waals surface area contributed by atoms with Crippen LogP contribution in [0.25, 0.3) is 10.9 Å². The Labute approximate surface area is 167 Å². The van der Waals surface area contributed by atoms with E-state index in [1.807, 2.05) is 4.90 Å². The monoisotopic (exact) mass is 404 g/mol. The SMILES string of the molecule is C=CC(=O)N1CC[C@@H]2CCN(c3c(F)cc(C(N)=O)c4[nH]c(C)c(Cl)c34)[C@H]2C1. The Morgan fingerprint density at radius 1 is 1.39 bits per heavy atom. The summed E-state index contributed by atoms with van der Waals surface area (Å²) in [5.41, 5.74) is 6.99. The Hall–Kier alpha value is -2.54. The first kappa shape index (κ1) is 18.8. The number of primary amides is 1. The van der Waals surface area contributed by atoms with Crippen molar-refractivity contribution in [3.63, 3.8) is 0 Å². The zero-order valence-corrected chi connectivity index (χ0v) is 16.4. The fourth-order valence-electron chi connectivity index (χ4n) is 4.64. The predicted octanol–water partition coefficient (Wildman–Crippen LogP) is 2.98. The Balaban J connectivity index is 1.84. The van der Waals surface area contributed by atoms with Gasteiger partial charge >= 0.3 is 0 Å². The van der Waals surface area contributed by atoms with Gasteiger partial charge < -0.3 is 20.5 Å². The molecule has 148 valence electrons. The van der Waals surface area contributed by atoms with Crippen LogP contribution in [0.15, 0.2) is 18.7 Å². The second-order valence-corrected chi connectivity index (χ2v) is 7.90. The van der Waals surface area contributed by atoms with E-state index < -0.39 is 11.7 Å². The molecule has 0 radical (unpaired) electrons. The Kier molecular flexibility index (Phi) is 4.57. The second-order valence-electron chi connectivity index (χ2n) is 7.52. The molecule has 2 aliphatic rings. The molecule has 8 heteroatoms. The number of benzene rings is 1. The summed E-state index contributed by atoms with van der Waals surface area (Å²) in [6.45, 7) is 7.19. The van der Waals surface area contributed by atoms with Gasteiger partial charge in [-0.15, -0.1) is 0 Å². The van der Waals surface area contributed by atoms with E-state index in [2.05, 4.69) is 11.6 Å². The van der Waals surface area contributed by atoms with Crippen LogP contribution in [0.1, 0.15) is 28.9 Å². The first-order chi connectivity index (χ1) is 13.3. The number of aromatic amines is 1. The normalized spacial score (nSPS) is 21.8. The van der Waals surface area contributed by atoms with Crippen molar-refractivity contribution in [2.24, 2.45) is 11.7 Å². The molecular formula is C20H22ClFN4O2. The average molecular weight is 405 g/mol. The molecule has 2 fully saturated rings. The lowest BCUT2D eigenvalue weighted by atomic mass is 9.91. The minimum Gasteiger partial charge on any atom is -0.366 e. The maximum Gasteiger partial charge on any atom is 0.250 e. The highest BCUT2D eigenvalue weighted by molar-refractivity contribution is 6.38. The van der Waals surface area contributed by atoms with Crippen LogP contribution in [0.2, 0.25) is 5.02 Å². The van der Waals surface area contributed by atoms with Crippen LogP contribution >= 0.6 is 11.6 Å². The fourth-order valence-corrected chi connectivity index (χ4v) is 4.87. The molecule has 2 atom stereocenters. The van der Waals surface area contributed by atoms with Gasteiger partial charge in [0.05, 0.1) is 21.8 Å². The molecule has 2 amide bonds. The molecule has 3 heterocycles. The zero-order chi connectivity index (χ0) is 20.2. The quantitative estimate of drug-likeness (QED) is 0.771. The number of carbonyl (C=O) groups excluding carboxylic acids is 2. The number of aryl methyl sites for hydroxylation is 1. The topological polar surface area (TPSA) is 82.4 Å². The minimum atomic E-state index is -0.715. The van der Waals surface area contributed by atoms with E-state index in [1.54, 1.807) is 11.8 Å². The van der Waals surface area contributed by atoms with Gasteiger partial charge in [-0.1, -0.05) is 18.2 Å². The lowest BCUT2D eigenvalue weighted by molar-refractivity contribution is -0.127. The number of halogens is 2. The van der Waals surface area contributed by atoms with Crippen molar-refractivity contribution >= 4 is 40.0 Å². The number of amides is 2. The minimum absolute atomic E-state index is 0.0129. The van der Waals surface area contributed by atoms with Crippen LogP contribution in [-0.2, 0) is 4.79 Å². The molecule has 6 nitrogen and oxygen atoms in total. The lowest BCUT2D eigenvalue weighted by Gasteiger charge is -2.39. The predicted molar refractivity (Wildman–Crippen MR) is 107 cm³/mol. The lowest BCUT2D eigenvalue weighted by Crippen LogP contribution is -2.50. The van der Waals surface area contributed by atoms with E-state index >= 15 is 4.39 Å². The highest BCUT2D eigenvalue weighted by Gasteiger charge is 2.41. The number of anilines is 1. The Bertz CT molecular complexity index is 1000. The summed E-state index contributed by atoms with van der Waals surface area (Å²) in [5, 5.41) is 0.853. The number of fused-ring (bicyclic) bond motifs is 2. The summed E-state index contributed by atoms with van der Waals surface area (Å²) in [5.74, 6) is -0.989. The van der Waals surface area contributed by atoms with E-state index in [1.165, 1.54) is 12.1 Å². The molecule has 2 saturated heterocycles. The van der Waals surface area contributed by atoms with E-state index in [0.29, 0.717) is 52.9 Å².